The van der Waals surface area contributed by atoms with E-state index in [0.29, 0.717) is 42.9 Å². The van der Waals surface area contributed by atoms with Crippen molar-refractivity contribution < 1.29 is 17.9 Å². The van der Waals surface area contributed by atoms with Crippen LogP contribution in [0.3, 0.4) is 0 Å². The molecule has 0 saturated heterocycles. The normalized spacial score (nSPS) is 14.9. The quantitative estimate of drug-likeness (QED) is 0.272. The van der Waals surface area contributed by atoms with Gasteiger partial charge < -0.3 is 15.4 Å². The fourth-order valence-corrected chi connectivity index (χ4v) is 3.95. The minimum atomic E-state index is -4.40. The predicted molar refractivity (Wildman–Crippen MR) is 126 cm³/mol. The number of halogens is 4. The van der Waals surface area contributed by atoms with Gasteiger partial charge >= 0.3 is 6.18 Å². The van der Waals surface area contributed by atoms with Gasteiger partial charge in [-0.25, -0.2) is 15.0 Å². The van der Waals surface area contributed by atoms with Crippen LogP contribution in [0.25, 0.3) is 0 Å². The van der Waals surface area contributed by atoms with E-state index >= 15 is 0 Å². The molecule has 1 saturated carbocycles. The van der Waals surface area contributed by atoms with Crippen LogP contribution >= 0.6 is 35.3 Å². The third-order valence-electron chi connectivity index (χ3n) is 4.63. The summed E-state index contributed by atoms with van der Waals surface area (Å²) in [5.74, 6) is 1.22. The van der Waals surface area contributed by atoms with Crippen LogP contribution in [0.2, 0.25) is 0 Å². The molecule has 6 nitrogen and oxygen atoms in total. The van der Waals surface area contributed by atoms with Gasteiger partial charge in [0, 0.05) is 37.2 Å². The molecule has 3 rings (SSSR count). The monoisotopic (exact) mass is 569 g/mol. The van der Waals surface area contributed by atoms with Gasteiger partial charge in [-0.3, -0.25) is 0 Å². The van der Waals surface area contributed by atoms with Gasteiger partial charge in [-0.15, -0.1) is 35.3 Å². The lowest BCUT2D eigenvalue weighted by Gasteiger charge is -2.13. The molecule has 172 valence electrons. The Balaban J connectivity index is 0.00000341. The first-order valence-electron chi connectivity index (χ1n) is 10.1. The summed E-state index contributed by atoms with van der Waals surface area (Å²) in [4.78, 5) is 12.5. The van der Waals surface area contributed by atoms with Gasteiger partial charge in [0.2, 0.25) is 5.88 Å². The average molecular weight is 569 g/mol. The number of nitrogens with zero attached hydrogens (tertiary/aromatic N) is 3. The molecule has 2 N–H and O–H groups in total. The first-order chi connectivity index (χ1) is 14.4. The number of pyridine rings is 1. The van der Waals surface area contributed by atoms with Crippen LogP contribution in [0.5, 0.6) is 5.88 Å². The van der Waals surface area contributed by atoms with Crippen molar-refractivity contribution >= 4 is 41.3 Å². The second-order valence-electron chi connectivity index (χ2n) is 7.02. The summed E-state index contributed by atoms with van der Waals surface area (Å²) in [5, 5.41) is 7.76. The molecule has 0 aromatic carbocycles. The van der Waals surface area contributed by atoms with E-state index in [1.165, 1.54) is 12.8 Å². The number of alkyl halides is 3. The van der Waals surface area contributed by atoms with E-state index < -0.39 is 11.9 Å². The van der Waals surface area contributed by atoms with Crippen LogP contribution in [0.15, 0.2) is 28.7 Å². The smallest absolute Gasteiger partial charge is 0.434 e. The topological polar surface area (TPSA) is 71.4 Å². The molecular formula is C20H27F3IN5OS. The average Bonchev–Trinajstić information content (AvgIpc) is 3.38. The maximum atomic E-state index is 12.6. The third kappa shape index (κ3) is 8.43. The zero-order chi connectivity index (χ0) is 21.4. The zero-order valence-corrected chi connectivity index (χ0v) is 20.4. The van der Waals surface area contributed by atoms with Crippen molar-refractivity contribution in [1.29, 1.82) is 0 Å². The van der Waals surface area contributed by atoms with Crippen LogP contribution in [-0.2, 0) is 19.1 Å². The van der Waals surface area contributed by atoms with Crippen molar-refractivity contribution in [3.63, 3.8) is 0 Å². The van der Waals surface area contributed by atoms with Gasteiger partial charge in [0.05, 0.1) is 11.6 Å². The number of aliphatic imine (C=N–C) groups is 1. The molecule has 11 heteroatoms. The Morgan fingerprint density at radius 1 is 1.29 bits per heavy atom. The molecule has 2 aromatic rings. The minimum Gasteiger partial charge on any atom is -0.474 e. The highest BCUT2D eigenvalue weighted by Crippen LogP contribution is 2.30. The van der Waals surface area contributed by atoms with E-state index in [4.69, 9.17) is 4.74 Å². The molecule has 0 atom stereocenters. The lowest BCUT2D eigenvalue weighted by molar-refractivity contribution is -0.140. The van der Waals surface area contributed by atoms with Gasteiger partial charge in [0.25, 0.3) is 0 Å². The Morgan fingerprint density at radius 3 is 2.74 bits per heavy atom. The molecule has 2 heterocycles. The van der Waals surface area contributed by atoms with E-state index in [9.17, 15) is 13.2 Å². The van der Waals surface area contributed by atoms with Crippen LogP contribution in [-0.4, -0.2) is 35.1 Å². The molecule has 0 spiro atoms. The Morgan fingerprint density at radius 2 is 2.06 bits per heavy atom. The van der Waals surface area contributed by atoms with Gasteiger partial charge in [-0.1, -0.05) is 0 Å². The number of nitrogens with one attached hydrogen (secondary N) is 2. The molecule has 0 bridgehead atoms. The van der Waals surface area contributed by atoms with Crippen LogP contribution in [0, 0.1) is 0 Å². The Bertz CT molecular complexity index is 840. The number of rotatable bonds is 8. The second-order valence-corrected chi connectivity index (χ2v) is 7.97. The van der Waals surface area contributed by atoms with Crippen molar-refractivity contribution in [2.75, 3.05) is 13.1 Å². The Labute approximate surface area is 201 Å². The molecular weight excluding hydrogens is 542 g/mol. The fourth-order valence-electron chi connectivity index (χ4n) is 3.15. The summed E-state index contributed by atoms with van der Waals surface area (Å²) in [5.41, 5.74) is 0.140. The van der Waals surface area contributed by atoms with Crippen molar-refractivity contribution in [2.24, 2.45) is 4.99 Å². The van der Waals surface area contributed by atoms with Crippen LogP contribution in [0.1, 0.15) is 48.9 Å². The zero-order valence-electron chi connectivity index (χ0n) is 17.2. The van der Waals surface area contributed by atoms with Crippen molar-refractivity contribution in [2.45, 2.75) is 57.9 Å². The van der Waals surface area contributed by atoms with E-state index in [1.54, 1.807) is 6.20 Å². The first-order valence-corrected chi connectivity index (χ1v) is 11.0. The number of thiazole rings is 1. The number of ether oxygens (including phenoxy) is 1. The van der Waals surface area contributed by atoms with E-state index in [-0.39, 0.29) is 30.1 Å². The number of guanidine groups is 1. The standard InChI is InChI=1S/C20H26F3N5OS.HI/c1-2-24-19(26-10-8-18-28-16(13-30-18)20(21,22)23)27-12-14-7-9-25-17(11-14)29-15-5-3-4-6-15;/h7,9,11,13,15H,2-6,8,10,12H2,1H3,(H2,24,26,27);1H. The summed E-state index contributed by atoms with van der Waals surface area (Å²) in [6, 6.07) is 3.79. The van der Waals surface area contributed by atoms with Crippen molar-refractivity contribution in [1.82, 2.24) is 20.6 Å². The molecule has 0 amide bonds. The van der Waals surface area contributed by atoms with Crippen molar-refractivity contribution in [3.8, 4) is 5.88 Å². The Hall–Kier alpha value is -1.63. The van der Waals surface area contributed by atoms with E-state index in [2.05, 4.69) is 25.6 Å². The highest BCUT2D eigenvalue weighted by Gasteiger charge is 2.33. The van der Waals surface area contributed by atoms with Gasteiger partial charge in [-0.05, 0) is 44.2 Å². The number of hydrogen-bond acceptors (Lipinski definition) is 5. The lowest BCUT2D eigenvalue weighted by Crippen LogP contribution is -2.38. The molecule has 1 fully saturated rings. The SMILES string of the molecule is CCNC(=NCc1ccnc(OC2CCCC2)c1)NCCc1nc(C(F)(F)F)cs1.I. The highest BCUT2D eigenvalue weighted by molar-refractivity contribution is 14.0. The minimum absolute atomic E-state index is 0. The van der Waals surface area contributed by atoms with Crippen LogP contribution < -0.4 is 15.4 Å². The Kier molecular flexibility index (Phi) is 10.3. The van der Waals surface area contributed by atoms with E-state index in [1.807, 2.05) is 19.1 Å². The summed E-state index contributed by atoms with van der Waals surface area (Å²) < 4.78 is 43.9. The van der Waals surface area contributed by atoms with Gasteiger partial charge in [0.1, 0.15) is 6.10 Å². The summed E-state index contributed by atoms with van der Waals surface area (Å²) in [7, 11) is 0. The molecule has 2 aromatic heterocycles. The van der Waals surface area contributed by atoms with Gasteiger partial charge in [0.15, 0.2) is 11.7 Å². The number of aromatic nitrogens is 2. The summed E-state index contributed by atoms with van der Waals surface area (Å²) >= 11 is 1.01. The van der Waals surface area contributed by atoms with Gasteiger partial charge in [-0.2, -0.15) is 13.2 Å². The maximum Gasteiger partial charge on any atom is 0.434 e. The summed E-state index contributed by atoms with van der Waals surface area (Å²) in [6.45, 7) is 3.50. The lowest BCUT2D eigenvalue weighted by atomic mass is 10.2. The number of hydrogen-bond donors (Lipinski definition) is 2. The molecule has 1 aliphatic rings. The molecule has 0 radical (unpaired) electrons. The summed E-state index contributed by atoms with van der Waals surface area (Å²) in [6.07, 6.45) is 2.50. The second kappa shape index (κ2) is 12.4. The van der Waals surface area contributed by atoms with Crippen LogP contribution in [0.4, 0.5) is 13.2 Å². The molecule has 1 aliphatic carbocycles. The molecule has 31 heavy (non-hydrogen) atoms. The first kappa shape index (κ1) is 25.6. The molecule has 0 unspecified atom stereocenters. The van der Waals surface area contributed by atoms with Crippen molar-refractivity contribution in [3.05, 3.63) is 40.0 Å². The highest BCUT2D eigenvalue weighted by atomic mass is 127. The predicted octanol–water partition coefficient (Wildman–Crippen LogP) is 4.79. The van der Waals surface area contributed by atoms with E-state index in [0.717, 1.165) is 35.1 Å². The molecule has 0 aliphatic heterocycles. The fraction of sp³-hybridized carbons (Fsp3) is 0.550. The third-order valence-corrected chi connectivity index (χ3v) is 5.53. The maximum absolute atomic E-state index is 12.6. The largest absolute Gasteiger partial charge is 0.474 e.